The van der Waals surface area contributed by atoms with Crippen molar-refractivity contribution < 1.29 is 15.0 Å². The van der Waals surface area contributed by atoms with Crippen LogP contribution < -0.4 is 10.2 Å². The molecule has 0 heterocycles. The Morgan fingerprint density at radius 3 is 2.44 bits per heavy atom. The zero-order chi connectivity index (χ0) is 18.8. The van der Waals surface area contributed by atoms with E-state index in [4.69, 9.17) is 0 Å². The normalized spacial score (nSPS) is 33.3. The number of aliphatic hydroxyl groups excluding tert-OH is 2. The zero-order valence-electron chi connectivity index (χ0n) is 16.0. The Labute approximate surface area is 161 Å². The lowest BCUT2D eigenvalue weighted by atomic mass is 9.85. The van der Waals surface area contributed by atoms with Crippen molar-refractivity contribution >= 4 is 11.6 Å². The average Bonchev–Trinajstić information content (AvgIpc) is 3.23. The van der Waals surface area contributed by atoms with Gasteiger partial charge in [-0.15, -0.1) is 0 Å². The standard InChI is InChI=1S/C22H32N2O3/c25-20(14-23-13-16-11-15-12-19(16)22(27)21(15)26)24(17-7-3-1-4-8-17)18-9-5-2-6-10-18/h1,3-4,7-8,15-16,18-19,21-23,26-27H,2,5-6,9-14H2. The van der Waals surface area contributed by atoms with E-state index in [1.165, 1.54) is 19.3 Å². The molecule has 27 heavy (non-hydrogen) atoms. The molecule has 3 saturated carbocycles. The molecule has 0 aromatic heterocycles. The lowest BCUT2D eigenvalue weighted by Crippen LogP contribution is -2.47. The maximum atomic E-state index is 13.1. The van der Waals surface area contributed by atoms with Gasteiger partial charge in [-0.25, -0.2) is 0 Å². The Bertz CT molecular complexity index is 630. The number of fused-ring (bicyclic) bond motifs is 2. The maximum absolute atomic E-state index is 13.1. The van der Waals surface area contributed by atoms with Gasteiger partial charge < -0.3 is 20.4 Å². The van der Waals surface area contributed by atoms with Crippen LogP contribution in [0.15, 0.2) is 30.3 Å². The lowest BCUT2D eigenvalue weighted by molar-refractivity contribution is -0.118. The van der Waals surface area contributed by atoms with E-state index in [1.807, 2.05) is 35.2 Å². The summed E-state index contributed by atoms with van der Waals surface area (Å²) in [6.45, 7) is 1.07. The van der Waals surface area contributed by atoms with Gasteiger partial charge in [0, 0.05) is 11.7 Å². The topological polar surface area (TPSA) is 72.8 Å². The van der Waals surface area contributed by atoms with Crippen molar-refractivity contribution in [2.75, 3.05) is 18.0 Å². The number of anilines is 1. The minimum Gasteiger partial charge on any atom is -0.390 e. The predicted octanol–water partition coefficient (Wildman–Crippen LogP) is 2.32. The largest absolute Gasteiger partial charge is 0.390 e. The first-order valence-electron chi connectivity index (χ1n) is 10.6. The molecule has 3 fully saturated rings. The highest BCUT2D eigenvalue weighted by atomic mass is 16.3. The van der Waals surface area contributed by atoms with Crippen LogP contribution in [0.4, 0.5) is 5.69 Å². The lowest BCUT2D eigenvalue weighted by Gasteiger charge is -2.35. The first-order chi connectivity index (χ1) is 13.1. The molecule has 5 unspecified atom stereocenters. The van der Waals surface area contributed by atoms with Crippen LogP contribution in [0.5, 0.6) is 0 Å². The third kappa shape index (κ3) is 3.91. The van der Waals surface area contributed by atoms with E-state index < -0.39 is 12.2 Å². The maximum Gasteiger partial charge on any atom is 0.241 e. The molecular formula is C22H32N2O3. The Morgan fingerprint density at radius 1 is 1.04 bits per heavy atom. The number of carbonyl (C=O) groups excluding carboxylic acids is 1. The zero-order valence-corrected chi connectivity index (χ0v) is 16.0. The summed E-state index contributed by atoms with van der Waals surface area (Å²) in [4.78, 5) is 15.1. The summed E-state index contributed by atoms with van der Waals surface area (Å²) >= 11 is 0. The molecule has 3 aliphatic rings. The van der Waals surface area contributed by atoms with E-state index in [9.17, 15) is 15.0 Å². The molecule has 1 aromatic carbocycles. The van der Waals surface area contributed by atoms with E-state index in [2.05, 4.69) is 5.32 Å². The predicted molar refractivity (Wildman–Crippen MR) is 105 cm³/mol. The second-order valence-electron chi connectivity index (χ2n) is 8.66. The van der Waals surface area contributed by atoms with Crippen molar-refractivity contribution in [1.29, 1.82) is 0 Å². The van der Waals surface area contributed by atoms with Gasteiger partial charge in [0.25, 0.3) is 0 Å². The molecule has 5 atom stereocenters. The van der Waals surface area contributed by atoms with Crippen LogP contribution in [0.2, 0.25) is 0 Å². The first-order valence-corrected chi connectivity index (χ1v) is 10.6. The molecule has 0 radical (unpaired) electrons. The van der Waals surface area contributed by atoms with Gasteiger partial charge in [-0.1, -0.05) is 37.5 Å². The number of hydrogen-bond acceptors (Lipinski definition) is 4. The molecule has 0 aliphatic heterocycles. The molecule has 1 aromatic rings. The third-order valence-corrected chi connectivity index (χ3v) is 6.98. The number of nitrogens with zero attached hydrogens (tertiary/aromatic N) is 1. The second-order valence-corrected chi connectivity index (χ2v) is 8.66. The van der Waals surface area contributed by atoms with Crippen LogP contribution in [-0.4, -0.2) is 47.5 Å². The molecule has 5 heteroatoms. The molecule has 0 saturated heterocycles. The Kier molecular flexibility index (Phi) is 5.81. The number of nitrogens with one attached hydrogen (secondary N) is 1. The van der Waals surface area contributed by atoms with Crippen molar-refractivity contribution in [3.8, 4) is 0 Å². The SMILES string of the molecule is O=C(CNCC1CC2CC1C(O)C2O)N(c1ccccc1)C1CCCCC1. The van der Waals surface area contributed by atoms with Gasteiger partial charge in [-0.2, -0.15) is 0 Å². The summed E-state index contributed by atoms with van der Waals surface area (Å²) in [5.41, 5.74) is 0.995. The molecule has 2 bridgehead atoms. The van der Waals surface area contributed by atoms with Crippen LogP contribution in [0.3, 0.4) is 0 Å². The highest BCUT2D eigenvalue weighted by molar-refractivity contribution is 5.95. The Morgan fingerprint density at radius 2 is 1.78 bits per heavy atom. The van der Waals surface area contributed by atoms with Gasteiger partial charge in [0.2, 0.25) is 5.91 Å². The van der Waals surface area contributed by atoms with E-state index in [-0.39, 0.29) is 17.7 Å². The summed E-state index contributed by atoms with van der Waals surface area (Å²) < 4.78 is 0. The summed E-state index contributed by atoms with van der Waals surface area (Å²) in [7, 11) is 0. The van der Waals surface area contributed by atoms with Crippen molar-refractivity contribution in [2.45, 2.75) is 63.2 Å². The number of rotatable bonds is 6. The highest BCUT2D eigenvalue weighted by Crippen LogP contribution is 2.48. The van der Waals surface area contributed by atoms with Crippen LogP contribution >= 0.6 is 0 Å². The summed E-state index contributed by atoms with van der Waals surface area (Å²) in [6, 6.07) is 10.3. The molecule has 0 spiro atoms. The smallest absolute Gasteiger partial charge is 0.241 e. The number of hydrogen-bond donors (Lipinski definition) is 3. The van der Waals surface area contributed by atoms with Crippen LogP contribution in [0.1, 0.15) is 44.9 Å². The summed E-state index contributed by atoms with van der Waals surface area (Å²) in [5.74, 6) is 0.907. The number of benzene rings is 1. The average molecular weight is 373 g/mol. The fourth-order valence-electron chi connectivity index (χ4n) is 5.60. The van der Waals surface area contributed by atoms with Crippen molar-refractivity contribution in [1.82, 2.24) is 5.32 Å². The van der Waals surface area contributed by atoms with Gasteiger partial charge >= 0.3 is 0 Å². The fraction of sp³-hybridized carbons (Fsp3) is 0.682. The van der Waals surface area contributed by atoms with E-state index in [0.717, 1.165) is 37.9 Å². The van der Waals surface area contributed by atoms with Gasteiger partial charge in [0.1, 0.15) is 0 Å². The summed E-state index contributed by atoms with van der Waals surface area (Å²) in [6.07, 6.45) is 6.55. The van der Waals surface area contributed by atoms with Crippen LogP contribution in [0, 0.1) is 17.8 Å². The van der Waals surface area contributed by atoms with Gasteiger partial charge in [0.05, 0.1) is 18.8 Å². The third-order valence-electron chi connectivity index (χ3n) is 6.98. The Hall–Kier alpha value is -1.43. The quantitative estimate of drug-likeness (QED) is 0.717. The van der Waals surface area contributed by atoms with Crippen LogP contribution in [0.25, 0.3) is 0 Å². The molecule has 148 valence electrons. The minimum atomic E-state index is -0.589. The van der Waals surface area contributed by atoms with E-state index in [0.29, 0.717) is 18.5 Å². The van der Waals surface area contributed by atoms with Crippen LogP contribution in [-0.2, 0) is 4.79 Å². The van der Waals surface area contributed by atoms with Crippen molar-refractivity contribution in [2.24, 2.45) is 17.8 Å². The van der Waals surface area contributed by atoms with Gasteiger partial charge in [0.15, 0.2) is 0 Å². The van der Waals surface area contributed by atoms with E-state index in [1.54, 1.807) is 0 Å². The van der Waals surface area contributed by atoms with Crippen molar-refractivity contribution in [3.05, 3.63) is 30.3 Å². The molecular weight excluding hydrogens is 340 g/mol. The fourth-order valence-corrected chi connectivity index (χ4v) is 5.60. The first kappa shape index (κ1) is 18.9. The molecule has 3 N–H and O–H groups in total. The molecule has 5 nitrogen and oxygen atoms in total. The summed E-state index contributed by atoms with van der Waals surface area (Å²) in [5, 5.41) is 23.4. The minimum absolute atomic E-state index is 0.136. The number of para-hydroxylation sites is 1. The molecule has 1 amide bonds. The van der Waals surface area contributed by atoms with E-state index >= 15 is 0 Å². The monoisotopic (exact) mass is 372 g/mol. The molecule has 4 rings (SSSR count). The Balaban J connectivity index is 1.35. The van der Waals surface area contributed by atoms with Gasteiger partial charge in [-0.05, 0) is 62.1 Å². The molecule has 3 aliphatic carbocycles. The second kappa shape index (κ2) is 8.29. The number of amides is 1. The number of carbonyl (C=O) groups is 1. The highest BCUT2D eigenvalue weighted by Gasteiger charge is 2.51. The number of aliphatic hydroxyl groups is 2. The van der Waals surface area contributed by atoms with Gasteiger partial charge in [-0.3, -0.25) is 4.79 Å². The van der Waals surface area contributed by atoms with Crippen molar-refractivity contribution in [3.63, 3.8) is 0 Å².